The van der Waals surface area contributed by atoms with Crippen LogP contribution in [-0.4, -0.2) is 27.2 Å². The molecule has 2 atom stereocenters. The van der Waals surface area contributed by atoms with E-state index >= 15 is 0 Å². The second kappa shape index (κ2) is 4.57. The Morgan fingerprint density at radius 2 is 2.20 bits per heavy atom. The number of rotatable bonds is 3. The molecule has 0 fully saturated rings. The van der Waals surface area contributed by atoms with Gasteiger partial charge in [0.25, 0.3) is 0 Å². The molecule has 2 unspecified atom stereocenters. The van der Waals surface area contributed by atoms with Crippen molar-refractivity contribution in [1.29, 1.82) is 0 Å². The minimum Gasteiger partial charge on any atom is -0.480 e. The summed E-state index contributed by atoms with van der Waals surface area (Å²) in [5.41, 5.74) is 6.22. The minimum absolute atomic E-state index is 0.196. The number of aryl methyl sites for hydroxylation is 1. The van der Waals surface area contributed by atoms with E-state index in [9.17, 15) is 9.90 Å². The van der Waals surface area contributed by atoms with Crippen LogP contribution in [0.2, 0.25) is 5.15 Å². The Morgan fingerprint density at radius 1 is 1.60 bits per heavy atom. The molecule has 0 saturated heterocycles. The minimum atomic E-state index is -1.37. The van der Waals surface area contributed by atoms with Gasteiger partial charge in [-0.3, -0.25) is 4.79 Å². The predicted molar refractivity (Wildman–Crippen MR) is 54.6 cm³/mol. The van der Waals surface area contributed by atoms with Crippen LogP contribution in [0.1, 0.15) is 17.4 Å². The molecule has 4 N–H and O–H groups in total. The summed E-state index contributed by atoms with van der Waals surface area (Å²) >= 11 is 5.67. The van der Waals surface area contributed by atoms with E-state index < -0.39 is 18.1 Å². The molecule has 5 nitrogen and oxygen atoms in total. The molecule has 0 spiro atoms. The van der Waals surface area contributed by atoms with Crippen LogP contribution in [0.5, 0.6) is 0 Å². The number of carbonyl (C=O) groups is 1. The molecule has 0 amide bonds. The van der Waals surface area contributed by atoms with Gasteiger partial charge in [0.2, 0.25) is 0 Å². The third-order valence-electron chi connectivity index (χ3n) is 1.91. The topological polar surface area (TPSA) is 96.4 Å². The molecule has 0 aliphatic carbocycles. The predicted octanol–water partition coefficient (Wildman–Crippen LogP) is 0.489. The number of hydrogen-bond donors (Lipinski definition) is 3. The number of hydrogen-bond acceptors (Lipinski definition) is 4. The van der Waals surface area contributed by atoms with Crippen molar-refractivity contribution >= 4 is 17.6 Å². The Bertz CT molecular complexity index is 363. The molecule has 1 heterocycles. The number of aliphatic carboxylic acids is 1. The number of nitrogens with two attached hydrogens (primary N) is 1. The highest BCUT2D eigenvalue weighted by atomic mass is 35.5. The van der Waals surface area contributed by atoms with Gasteiger partial charge in [0, 0.05) is 5.69 Å². The van der Waals surface area contributed by atoms with Crippen LogP contribution in [0.3, 0.4) is 0 Å². The van der Waals surface area contributed by atoms with Gasteiger partial charge in [0.1, 0.15) is 17.3 Å². The van der Waals surface area contributed by atoms with Gasteiger partial charge in [-0.1, -0.05) is 11.6 Å². The largest absolute Gasteiger partial charge is 0.480 e. The number of aliphatic hydroxyl groups excluding tert-OH is 1. The van der Waals surface area contributed by atoms with E-state index in [0.717, 1.165) is 0 Å². The zero-order valence-corrected chi connectivity index (χ0v) is 8.77. The fourth-order valence-electron chi connectivity index (χ4n) is 1.17. The number of aliphatic hydroxyl groups is 1. The Morgan fingerprint density at radius 3 is 2.67 bits per heavy atom. The standard InChI is InChI=1S/C9H11ClN2O3/c1-4-2-5(3-6(10)12-4)8(13)7(11)9(14)15/h2-3,7-8,13H,11H2,1H3,(H,14,15). The quantitative estimate of drug-likeness (QED) is 0.657. The lowest BCUT2D eigenvalue weighted by molar-refractivity contribution is -0.141. The van der Waals surface area contributed by atoms with Gasteiger partial charge in [-0.15, -0.1) is 0 Å². The smallest absolute Gasteiger partial charge is 0.323 e. The van der Waals surface area contributed by atoms with E-state index in [1.165, 1.54) is 6.07 Å². The molecule has 15 heavy (non-hydrogen) atoms. The number of carboxylic acid groups (broad SMARTS) is 1. The zero-order chi connectivity index (χ0) is 11.6. The molecule has 0 radical (unpaired) electrons. The van der Waals surface area contributed by atoms with Crippen molar-refractivity contribution in [3.05, 3.63) is 28.5 Å². The van der Waals surface area contributed by atoms with Gasteiger partial charge in [-0.25, -0.2) is 4.98 Å². The number of halogens is 1. The number of aromatic nitrogens is 1. The summed E-state index contributed by atoms with van der Waals surface area (Å²) in [6.07, 6.45) is -1.29. The fourth-order valence-corrected chi connectivity index (χ4v) is 1.43. The molecule has 1 rings (SSSR count). The van der Waals surface area contributed by atoms with Crippen molar-refractivity contribution in [1.82, 2.24) is 4.98 Å². The summed E-state index contributed by atoms with van der Waals surface area (Å²) in [5.74, 6) is -1.27. The Balaban J connectivity index is 3.00. The number of nitrogens with zero attached hydrogens (tertiary/aromatic N) is 1. The van der Waals surface area contributed by atoms with Crippen LogP contribution in [0.25, 0.3) is 0 Å². The third kappa shape index (κ3) is 2.89. The Labute approximate surface area is 91.5 Å². The zero-order valence-electron chi connectivity index (χ0n) is 8.01. The van der Waals surface area contributed by atoms with Crippen LogP contribution in [-0.2, 0) is 4.79 Å². The maximum absolute atomic E-state index is 10.6. The Hall–Kier alpha value is -1.17. The number of carboxylic acids is 1. The highest BCUT2D eigenvalue weighted by Gasteiger charge is 2.24. The fraction of sp³-hybridized carbons (Fsp3) is 0.333. The monoisotopic (exact) mass is 230 g/mol. The summed E-state index contributed by atoms with van der Waals surface area (Å²) in [4.78, 5) is 14.4. The molecule has 0 aliphatic rings. The van der Waals surface area contributed by atoms with Crippen molar-refractivity contribution in [2.45, 2.75) is 19.1 Å². The molecule has 0 aromatic carbocycles. The van der Waals surface area contributed by atoms with Crippen LogP contribution >= 0.6 is 11.6 Å². The second-order valence-electron chi connectivity index (χ2n) is 3.17. The Kier molecular flexibility index (Phi) is 3.62. The highest BCUT2D eigenvalue weighted by molar-refractivity contribution is 6.29. The molecule has 1 aromatic rings. The normalized spacial score (nSPS) is 14.7. The van der Waals surface area contributed by atoms with Crippen LogP contribution in [0, 0.1) is 6.92 Å². The average molecular weight is 231 g/mol. The van der Waals surface area contributed by atoms with Crippen molar-refractivity contribution in [3.63, 3.8) is 0 Å². The summed E-state index contributed by atoms with van der Waals surface area (Å²) in [6, 6.07) is 1.56. The SMILES string of the molecule is Cc1cc(C(O)C(N)C(=O)O)cc(Cl)n1. The first kappa shape index (κ1) is 11.9. The first-order valence-electron chi connectivity index (χ1n) is 4.22. The lowest BCUT2D eigenvalue weighted by atomic mass is 10.0. The van der Waals surface area contributed by atoms with Gasteiger partial charge in [0.15, 0.2) is 0 Å². The second-order valence-corrected chi connectivity index (χ2v) is 3.56. The maximum Gasteiger partial charge on any atom is 0.323 e. The lowest BCUT2D eigenvalue weighted by Crippen LogP contribution is -2.36. The summed E-state index contributed by atoms with van der Waals surface area (Å²) in [6.45, 7) is 1.69. The highest BCUT2D eigenvalue weighted by Crippen LogP contribution is 2.19. The van der Waals surface area contributed by atoms with Gasteiger partial charge >= 0.3 is 5.97 Å². The van der Waals surface area contributed by atoms with Gasteiger partial charge < -0.3 is 15.9 Å². The van der Waals surface area contributed by atoms with E-state index in [4.69, 9.17) is 22.4 Å². The van der Waals surface area contributed by atoms with E-state index in [0.29, 0.717) is 11.3 Å². The molecule has 82 valence electrons. The van der Waals surface area contributed by atoms with Gasteiger partial charge in [-0.05, 0) is 24.6 Å². The summed E-state index contributed by atoms with van der Waals surface area (Å²) in [5, 5.41) is 18.4. The molecule has 0 bridgehead atoms. The van der Waals surface area contributed by atoms with E-state index in [1.807, 2.05) is 0 Å². The van der Waals surface area contributed by atoms with E-state index in [-0.39, 0.29) is 5.15 Å². The first-order chi connectivity index (χ1) is 6.91. The average Bonchev–Trinajstić information content (AvgIpc) is 2.13. The van der Waals surface area contributed by atoms with Crippen molar-refractivity contribution in [2.75, 3.05) is 0 Å². The summed E-state index contributed by atoms with van der Waals surface area (Å²) in [7, 11) is 0. The number of pyridine rings is 1. The van der Waals surface area contributed by atoms with Crippen molar-refractivity contribution in [3.8, 4) is 0 Å². The molecule has 6 heteroatoms. The van der Waals surface area contributed by atoms with E-state index in [2.05, 4.69) is 4.98 Å². The third-order valence-corrected chi connectivity index (χ3v) is 2.10. The molecular formula is C9H11ClN2O3. The van der Waals surface area contributed by atoms with Gasteiger partial charge in [0.05, 0.1) is 0 Å². The van der Waals surface area contributed by atoms with Crippen molar-refractivity contribution < 1.29 is 15.0 Å². The van der Waals surface area contributed by atoms with Crippen LogP contribution in [0.4, 0.5) is 0 Å². The van der Waals surface area contributed by atoms with Crippen LogP contribution in [0.15, 0.2) is 12.1 Å². The van der Waals surface area contributed by atoms with Crippen LogP contribution < -0.4 is 5.73 Å². The van der Waals surface area contributed by atoms with Crippen molar-refractivity contribution in [2.24, 2.45) is 5.73 Å². The molecule has 0 saturated carbocycles. The van der Waals surface area contributed by atoms with E-state index in [1.54, 1.807) is 13.0 Å². The maximum atomic E-state index is 10.6. The molecule has 1 aromatic heterocycles. The van der Waals surface area contributed by atoms with Gasteiger partial charge in [-0.2, -0.15) is 0 Å². The molecule has 0 aliphatic heterocycles. The summed E-state index contributed by atoms with van der Waals surface area (Å²) < 4.78 is 0. The molecular weight excluding hydrogens is 220 g/mol. The lowest BCUT2D eigenvalue weighted by Gasteiger charge is -2.15. The first-order valence-corrected chi connectivity index (χ1v) is 4.60.